The number of nitrogens with one attached hydrogen (secondary N) is 4. The molecule has 30 heavy (non-hydrogen) atoms. The van der Waals surface area contributed by atoms with Gasteiger partial charge in [-0.3, -0.25) is 14.6 Å². The van der Waals surface area contributed by atoms with Crippen LogP contribution < -0.4 is 16.0 Å². The molecule has 0 aliphatic heterocycles. The highest BCUT2D eigenvalue weighted by Gasteiger charge is 2.31. The summed E-state index contributed by atoms with van der Waals surface area (Å²) in [5.41, 5.74) is 4.02. The van der Waals surface area contributed by atoms with Crippen molar-refractivity contribution in [3.05, 3.63) is 35.5 Å². The number of nitrogens with zero attached hydrogens (tertiary/aromatic N) is 2. The van der Waals surface area contributed by atoms with E-state index in [0.717, 1.165) is 34.8 Å². The van der Waals surface area contributed by atoms with E-state index in [2.05, 4.69) is 32.0 Å². The fourth-order valence-electron chi connectivity index (χ4n) is 3.91. The number of anilines is 1. The summed E-state index contributed by atoms with van der Waals surface area (Å²) in [6.45, 7) is 5.51. The molecule has 0 atom stereocenters. The van der Waals surface area contributed by atoms with Gasteiger partial charge in [0, 0.05) is 42.1 Å². The Balaban J connectivity index is 1.67. The Morgan fingerprint density at radius 1 is 1.23 bits per heavy atom. The van der Waals surface area contributed by atoms with Gasteiger partial charge < -0.3 is 20.9 Å². The molecule has 0 spiro atoms. The molecule has 0 radical (unpaired) electrons. The van der Waals surface area contributed by atoms with E-state index in [1.807, 2.05) is 19.9 Å². The molecule has 1 aliphatic carbocycles. The molecule has 1 saturated carbocycles. The first-order valence-corrected chi connectivity index (χ1v) is 10.0. The minimum atomic E-state index is -0.199. The van der Waals surface area contributed by atoms with Crippen LogP contribution in [0, 0.1) is 11.3 Å². The summed E-state index contributed by atoms with van der Waals surface area (Å²) in [6.07, 6.45) is 3.03. The van der Waals surface area contributed by atoms with Crippen LogP contribution in [0.4, 0.5) is 5.69 Å². The number of carbonyl (C=O) groups is 2. The van der Waals surface area contributed by atoms with Crippen molar-refractivity contribution in [3.63, 3.8) is 0 Å². The largest absolute Gasteiger partial charge is 0.380 e. The van der Waals surface area contributed by atoms with Gasteiger partial charge in [-0.15, -0.1) is 0 Å². The van der Waals surface area contributed by atoms with E-state index in [1.54, 1.807) is 18.3 Å². The van der Waals surface area contributed by atoms with Gasteiger partial charge in [0.05, 0.1) is 33.9 Å². The maximum atomic E-state index is 13.0. The molecule has 8 heteroatoms. The van der Waals surface area contributed by atoms with Crippen LogP contribution in [0.1, 0.15) is 49.5 Å². The maximum Gasteiger partial charge on any atom is 0.255 e. The zero-order chi connectivity index (χ0) is 21.4. The molecular formula is C22H24N6O2. The van der Waals surface area contributed by atoms with Crippen LogP contribution in [0.15, 0.2) is 24.4 Å². The van der Waals surface area contributed by atoms with Crippen LogP contribution in [0.2, 0.25) is 0 Å². The van der Waals surface area contributed by atoms with Gasteiger partial charge in [0.2, 0.25) is 5.91 Å². The first kappa shape index (κ1) is 19.7. The number of aromatic amines is 1. The summed E-state index contributed by atoms with van der Waals surface area (Å²) >= 11 is 0. The Kier molecular flexibility index (Phi) is 5.04. The quantitative estimate of drug-likeness (QED) is 0.521. The van der Waals surface area contributed by atoms with Crippen molar-refractivity contribution in [2.75, 3.05) is 5.32 Å². The minimum Gasteiger partial charge on any atom is -0.380 e. The summed E-state index contributed by atoms with van der Waals surface area (Å²) in [6, 6.07) is 7.81. The molecule has 4 N–H and O–H groups in total. The Labute approximate surface area is 174 Å². The Morgan fingerprint density at radius 3 is 2.63 bits per heavy atom. The van der Waals surface area contributed by atoms with Gasteiger partial charge in [-0.25, -0.2) is 0 Å². The Hall–Kier alpha value is -3.60. The molecule has 0 unspecified atom stereocenters. The number of pyridine rings is 1. The molecule has 2 aromatic heterocycles. The molecule has 0 bridgehead atoms. The van der Waals surface area contributed by atoms with Crippen molar-refractivity contribution in [1.82, 2.24) is 20.6 Å². The standard InChI is InChI=1S/C22H24N6O2/c1-11(2)25-20-17(22(30)27-15-7-14(8-15)26-12(3)29)10-24-19-16-5-4-13(9-23)6-18(16)28-21(19)20/h4-6,10-11,14-15,28H,7-8H2,1-3H3,(H,24,25)(H,26,29)(H,27,30). The van der Waals surface area contributed by atoms with Crippen LogP contribution in [0.25, 0.3) is 21.9 Å². The van der Waals surface area contributed by atoms with E-state index in [-0.39, 0.29) is 29.9 Å². The lowest BCUT2D eigenvalue weighted by molar-refractivity contribution is -0.120. The monoisotopic (exact) mass is 404 g/mol. The minimum absolute atomic E-state index is 0.0258. The molecule has 1 aromatic carbocycles. The van der Waals surface area contributed by atoms with Crippen molar-refractivity contribution < 1.29 is 9.59 Å². The maximum absolute atomic E-state index is 13.0. The average molecular weight is 404 g/mol. The van der Waals surface area contributed by atoms with Gasteiger partial charge in [-0.05, 0) is 44.9 Å². The number of aromatic nitrogens is 2. The summed E-state index contributed by atoms with van der Waals surface area (Å²) in [4.78, 5) is 32.0. The molecule has 1 fully saturated rings. The number of hydrogen-bond donors (Lipinski definition) is 4. The summed E-state index contributed by atoms with van der Waals surface area (Å²) in [5, 5.41) is 19.4. The van der Waals surface area contributed by atoms with E-state index in [0.29, 0.717) is 16.8 Å². The highest BCUT2D eigenvalue weighted by molar-refractivity contribution is 6.14. The summed E-state index contributed by atoms with van der Waals surface area (Å²) < 4.78 is 0. The summed E-state index contributed by atoms with van der Waals surface area (Å²) in [7, 11) is 0. The lowest BCUT2D eigenvalue weighted by Crippen LogP contribution is -2.53. The molecule has 1 aliphatic rings. The smallest absolute Gasteiger partial charge is 0.255 e. The zero-order valence-electron chi connectivity index (χ0n) is 17.2. The van der Waals surface area contributed by atoms with Crippen LogP contribution in [-0.4, -0.2) is 39.9 Å². The molecule has 2 amide bonds. The number of benzene rings is 1. The predicted molar refractivity (Wildman–Crippen MR) is 115 cm³/mol. The van der Waals surface area contributed by atoms with Gasteiger partial charge in [0.1, 0.15) is 0 Å². The third kappa shape index (κ3) is 3.66. The average Bonchev–Trinajstić information content (AvgIpc) is 3.03. The topological polar surface area (TPSA) is 123 Å². The second kappa shape index (κ2) is 7.67. The highest BCUT2D eigenvalue weighted by Crippen LogP contribution is 2.32. The SMILES string of the molecule is CC(=O)NC1CC(NC(=O)c2cnc3c([nH]c4cc(C#N)ccc43)c2NC(C)C)C1. The van der Waals surface area contributed by atoms with Crippen molar-refractivity contribution >= 4 is 39.4 Å². The number of carbonyl (C=O) groups excluding carboxylic acids is 2. The molecule has 154 valence electrons. The Bertz CT molecular complexity index is 1180. The van der Waals surface area contributed by atoms with Crippen LogP contribution >= 0.6 is 0 Å². The van der Waals surface area contributed by atoms with Crippen LogP contribution in [-0.2, 0) is 4.79 Å². The van der Waals surface area contributed by atoms with E-state index in [4.69, 9.17) is 0 Å². The second-order valence-electron chi connectivity index (χ2n) is 8.11. The van der Waals surface area contributed by atoms with E-state index < -0.39 is 0 Å². The lowest BCUT2D eigenvalue weighted by atomic mass is 9.86. The van der Waals surface area contributed by atoms with Gasteiger partial charge >= 0.3 is 0 Å². The first-order valence-electron chi connectivity index (χ1n) is 10.0. The van der Waals surface area contributed by atoms with Crippen molar-refractivity contribution in [2.24, 2.45) is 0 Å². The fraction of sp³-hybridized carbons (Fsp3) is 0.364. The number of rotatable bonds is 5. The third-order valence-electron chi connectivity index (χ3n) is 5.30. The number of amides is 2. The van der Waals surface area contributed by atoms with Crippen LogP contribution in [0.5, 0.6) is 0 Å². The van der Waals surface area contributed by atoms with Gasteiger partial charge in [-0.2, -0.15) is 5.26 Å². The van der Waals surface area contributed by atoms with Gasteiger partial charge in [0.15, 0.2) is 0 Å². The highest BCUT2D eigenvalue weighted by atomic mass is 16.2. The molecule has 4 rings (SSSR count). The predicted octanol–water partition coefficient (Wildman–Crippen LogP) is 2.80. The normalized spacial score (nSPS) is 18.1. The lowest BCUT2D eigenvalue weighted by Gasteiger charge is -2.36. The number of H-pyrrole nitrogens is 1. The molecule has 2 heterocycles. The van der Waals surface area contributed by atoms with E-state index in [9.17, 15) is 14.9 Å². The van der Waals surface area contributed by atoms with E-state index >= 15 is 0 Å². The molecule has 3 aromatic rings. The second-order valence-corrected chi connectivity index (χ2v) is 8.11. The van der Waals surface area contributed by atoms with Crippen LogP contribution in [0.3, 0.4) is 0 Å². The van der Waals surface area contributed by atoms with Gasteiger partial charge in [0.25, 0.3) is 5.91 Å². The fourth-order valence-corrected chi connectivity index (χ4v) is 3.91. The molecule has 8 nitrogen and oxygen atoms in total. The van der Waals surface area contributed by atoms with Crippen molar-refractivity contribution in [1.29, 1.82) is 5.26 Å². The molecule has 0 saturated heterocycles. The summed E-state index contributed by atoms with van der Waals surface area (Å²) in [5.74, 6) is -0.253. The Morgan fingerprint density at radius 2 is 1.97 bits per heavy atom. The van der Waals surface area contributed by atoms with Crippen molar-refractivity contribution in [2.45, 2.75) is 51.7 Å². The zero-order valence-corrected chi connectivity index (χ0v) is 17.2. The van der Waals surface area contributed by atoms with Crippen molar-refractivity contribution in [3.8, 4) is 6.07 Å². The third-order valence-corrected chi connectivity index (χ3v) is 5.30. The number of hydrogen-bond acceptors (Lipinski definition) is 5. The van der Waals surface area contributed by atoms with E-state index in [1.165, 1.54) is 6.92 Å². The van der Waals surface area contributed by atoms with Gasteiger partial charge in [-0.1, -0.05) is 0 Å². The molecular weight excluding hydrogens is 380 g/mol. The first-order chi connectivity index (χ1) is 14.4. The number of nitriles is 1. The number of fused-ring (bicyclic) bond motifs is 3.